The van der Waals surface area contributed by atoms with Crippen molar-refractivity contribution in [3.8, 4) is 5.75 Å². The highest BCUT2D eigenvalue weighted by Crippen LogP contribution is 2.34. The van der Waals surface area contributed by atoms with E-state index in [9.17, 15) is 9.90 Å². The Morgan fingerprint density at radius 3 is 2.42 bits per heavy atom. The van der Waals surface area contributed by atoms with Gasteiger partial charge in [-0.25, -0.2) is 0 Å². The smallest absolute Gasteiger partial charge is 0.168 e. The van der Waals surface area contributed by atoms with Gasteiger partial charge in [0.25, 0.3) is 0 Å². The van der Waals surface area contributed by atoms with Crippen molar-refractivity contribution in [2.45, 2.75) is 32.1 Å². The monoisotopic (exact) mass is 349 g/mol. The van der Waals surface area contributed by atoms with Crippen molar-refractivity contribution in [1.29, 1.82) is 0 Å². The molecule has 2 aromatic rings. The minimum Gasteiger partial charge on any atom is -0.512 e. The second-order valence-corrected chi connectivity index (χ2v) is 6.37. The average Bonchev–Trinajstić information content (AvgIpc) is 2.68. The summed E-state index contributed by atoms with van der Waals surface area (Å²) >= 11 is 0. The molecular formula is C22H23NO3. The molecule has 0 saturated heterocycles. The van der Waals surface area contributed by atoms with Gasteiger partial charge >= 0.3 is 0 Å². The normalized spacial score (nSPS) is 20.9. The van der Waals surface area contributed by atoms with E-state index in [0.29, 0.717) is 30.5 Å². The topological polar surface area (TPSA) is 58.9 Å². The van der Waals surface area contributed by atoms with Crippen LogP contribution >= 0.6 is 0 Å². The summed E-state index contributed by atoms with van der Waals surface area (Å²) in [6.45, 7) is 1.84. The van der Waals surface area contributed by atoms with E-state index in [4.69, 9.17) is 9.73 Å². The summed E-state index contributed by atoms with van der Waals surface area (Å²) in [4.78, 5) is 17.5. The molecule has 26 heavy (non-hydrogen) atoms. The fraction of sp³-hybridized carbons (Fsp3) is 0.273. The van der Waals surface area contributed by atoms with Crippen LogP contribution in [0.25, 0.3) is 0 Å². The molecule has 0 aliphatic heterocycles. The van der Waals surface area contributed by atoms with Gasteiger partial charge in [-0.05, 0) is 42.2 Å². The molecule has 2 aromatic carbocycles. The van der Waals surface area contributed by atoms with E-state index in [0.717, 1.165) is 17.0 Å². The number of benzene rings is 2. The molecule has 0 spiro atoms. The predicted molar refractivity (Wildman–Crippen MR) is 103 cm³/mol. The molecule has 3 rings (SSSR count). The number of carbonyl (C=O) groups excluding carboxylic acids is 1. The number of nitrogens with zero attached hydrogens (tertiary/aromatic N) is 1. The summed E-state index contributed by atoms with van der Waals surface area (Å²) < 4.78 is 5.18. The summed E-state index contributed by atoms with van der Waals surface area (Å²) in [7, 11) is 1.62. The fourth-order valence-corrected chi connectivity index (χ4v) is 3.27. The van der Waals surface area contributed by atoms with Crippen LogP contribution in [0.2, 0.25) is 0 Å². The van der Waals surface area contributed by atoms with Crippen LogP contribution < -0.4 is 4.74 Å². The first kappa shape index (κ1) is 17.9. The second kappa shape index (κ2) is 8.00. The maximum Gasteiger partial charge on any atom is 0.168 e. The largest absolute Gasteiger partial charge is 0.512 e. The number of carbonyl (C=O) groups is 1. The number of aliphatic hydroxyl groups excluding tert-OH is 1. The Hall–Kier alpha value is -2.88. The van der Waals surface area contributed by atoms with Crippen LogP contribution in [0.3, 0.4) is 0 Å². The number of aliphatic imine (C=N–C) groups is 1. The summed E-state index contributed by atoms with van der Waals surface area (Å²) in [6, 6.07) is 17.4. The van der Waals surface area contributed by atoms with Crippen LogP contribution in [0.5, 0.6) is 5.75 Å². The molecule has 1 atom stereocenters. The molecule has 134 valence electrons. The number of ketones is 1. The highest BCUT2D eigenvalue weighted by Gasteiger charge is 2.32. The Labute approximate surface area is 153 Å². The van der Waals surface area contributed by atoms with Gasteiger partial charge in [0.2, 0.25) is 0 Å². The Kier molecular flexibility index (Phi) is 5.52. The van der Waals surface area contributed by atoms with Crippen molar-refractivity contribution < 1.29 is 14.6 Å². The first-order chi connectivity index (χ1) is 12.6. The van der Waals surface area contributed by atoms with E-state index in [2.05, 4.69) is 0 Å². The van der Waals surface area contributed by atoms with E-state index >= 15 is 0 Å². The Morgan fingerprint density at radius 2 is 1.81 bits per heavy atom. The number of methoxy groups -OCH3 is 1. The maximum atomic E-state index is 12.8. The quantitative estimate of drug-likeness (QED) is 0.614. The van der Waals surface area contributed by atoms with Gasteiger partial charge < -0.3 is 9.84 Å². The molecule has 1 aliphatic rings. The van der Waals surface area contributed by atoms with Crippen LogP contribution in [0.1, 0.15) is 37.7 Å². The average molecular weight is 349 g/mol. The van der Waals surface area contributed by atoms with Crippen LogP contribution in [0, 0.1) is 0 Å². The van der Waals surface area contributed by atoms with Gasteiger partial charge in [-0.2, -0.15) is 0 Å². The summed E-state index contributed by atoms with van der Waals surface area (Å²) in [6.07, 6.45) is 1.44. The zero-order valence-corrected chi connectivity index (χ0v) is 15.1. The van der Waals surface area contributed by atoms with Gasteiger partial charge in [0.15, 0.2) is 5.78 Å². The molecule has 4 heteroatoms. The third-order valence-corrected chi connectivity index (χ3v) is 4.67. The standard InChI is InChI=1S/C22H23NO3/c1-3-20(24)22-19(23-17-9-11-18(26-2)12-10-17)13-16(14-21(22)25)15-7-5-4-6-8-15/h4-12,16,24H,3,13-14H2,1-2H3. The molecule has 0 amide bonds. The molecular weight excluding hydrogens is 326 g/mol. The molecule has 0 heterocycles. The van der Waals surface area contributed by atoms with Crippen LogP contribution in [-0.2, 0) is 4.79 Å². The minimum absolute atomic E-state index is 0.0447. The molecule has 1 fully saturated rings. The van der Waals surface area contributed by atoms with Crippen molar-refractivity contribution in [3.05, 3.63) is 71.5 Å². The molecule has 1 unspecified atom stereocenters. The van der Waals surface area contributed by atoms with Gasteiger partial charge in [0.1, 0.15) is 11.5 Å². The first-order valence-corrected chi connectivity index (χ1v) is 8.84. The second-order valence-electron chi connectivity index (χ2n) is 6.37. The molecule has 0 bridgehead atoms. The predicted octanol–water partition coefficient (Wildman–Crippen LogP) is 5.14. The molecule has 1 saturated carbocycles. The van der Waals surface area contributed by atoms with Gasteiger partial charge in [-0.1, -0.05) is 37.3 Å². The lowest BCUT2D eigenvalue weighted by molar-refractivity contribution is -0.115. The van der Waals surface area contributed by atoms with Crippen molar-refractivity contribution >= 4 is 17.2 Å². The number of hydrogen-bond donors (Lipinski definition) is 1. The van der Waals surface area contributed by atoms with Gasteiger partial charge in [0.05, 0.1) is 24.1 Å². The van der Waals surface area contributed by atoms with Gasteiger partial charge in [-0.3, -0.25) is 9.79 Å². The van der Waals surface area contributed by atoms with Crippen molar-refractivity contribution in [3.63, 3.8) is 0 Å². The highest BCUT2D eigenvalue weighted by molar-refractivity contribution is 6.25. The number of Topliss-reactive ketones (excluding diaryl/α,β-unsaturated/α-hetero) is 1. The van der Waals surface area contributed by atoms with E-state index < -0.39 is 0 Å². The van der Waals surface area contributed by atoms with Crippen LogP contribution in [0.15, 0.2) is 70.9 Å². The number of ether oxygens (including phenoxy) is 1. The maximum absolute atomic E-state index is 12.8. The Balaban J connectivity index is 2.00. The molecule has 0 aromatic heterocycles. The number of rotatable bonds is 4. The van der Waals surface area contributed by atoms with E-state index in [-0.39, 0.29) is 17.5 Å². The highest BCUT2D eigenvalue weighted by atomic mass is 16.5. The number of allylic oxidation sites excluding steroid dienone is 2. The van der Waals surface area contributed by atoms with Crippen LogP contribution in [0.4, 0.5) is 5.69 Å². The molecule has 0 radical (unpaired) electrons. The van der Waals surface area contributed by atoms with Crippen molar-refractivity contribution in [2.75, 3.05) is 7.11 Å². The van der Waals surface area contributed by atoms with E-state index in [1.165, 1.54) is 0 Å². The lowest BCUT2D eigenvalue weighted by Crippen LogP contribution is -2.26. The first-order valence-electron chi connectivity index (χ1n) is 8.84. The summed E-state index contributed by atoms with van der Waals surface area (Å²) in [5, 5.41) is 10.3. The molecule has 4 nitrogen and oxygen atoms in total. The van der Waals surface area contributed by atoms with E-state index in [1.807, 2.05) is 61.5 Å². The van der Waals surface area contributed by atoms with Gasteiger partial charge in [0, 0.05) is 12.8 Å². The van der Waals surface area contributed by atoms with Crippen molar-refractivity contribution in [1.82, 2.24) is 0 Å². The zero-order chi connectivity index (χ0) is 18.5. The van der Waals surface area contributed by atoms with Gasteiger partial charge in [-0.15, -0.1) is 0 Å². The zero-order valence-electron chi connectivity index (χ0n) is 15.1. The molecule has 1 aliphatic carbocycles. The SMILES string of the molecule is CCC(O)=C1C(=O)CC(c2ccccc2)CC1=Nc1ccc(OC)cc1. The van der Waals surface area contributed by atoms with E-state index in [1.54, 1.807) is 7.11 Å². The minimum atomic E-state index is -0.0447. The lowest BCUT2D eigenvalue weighted by atomic mass is 9.79. The Morgan fingerprint density at radius 1 is 1.12 bits per heavy atom. The van der Waals surface area contributed by atoms with Crippen LogP contribution in [-0.4, -0.2) is 23.7 Å². The number of aliphatic hydroxyl groups is 1. The summed E-state index contributed by atoms with van der Waals surface area (Å²) in [5.74, 6) is 0.905. The third kappa shape index (κ3) is 3.85. The number of hydrogen-bond acceptors (Lipinski definition) is 4. The fourth-order valence-electron chi connectivity index (χ4n) is 3.27. The summed E-state index contributed by atoms with van der Waals surface area (Å²) in [5.41, 5.74) is 2.90. The van der Waals surface area contributed by atoms with Crippen molar-refractivity contribution in [2.24, 2.45) is 4.99 Å². The Bertz CT molecular complexity index is 835. The molecule has 1 N–H and O–H groups in total. The third-order valence-electron chi connectivity index (χ3n) is 4.67. The lowest BCUT2D eigenvalue weighted by Gasteiger charge is -2.25.